The molecule has 0 bridgehead atoms. The zero-order valence-corrected chi connectivity index (χ0v) is 11.1. The third kappa shape index (κ3) is 1.83. The summed E-state index contributed by atoms with van der Waals surface area (Å²) in [4.78, 5) is 5.72. The lowest BCUT2D eigenvalue weighted by atomic mass is 10.1. The molecule has 0 saturated carbocycles. The van der Waals surface area contributed by atoms with Crippen molar-refractivity contribution < 1.29 is 0 Å². The van der Waals surface area contributed by atoms with Crippen molar-refractivity contribution >= 4 is 16.3 Å². The zero-order chi connectivity index (χ0) is 12.5. The third-order valence-electron chi connectivity index (χ3n) is 3.16. The van der Waals surface area contributed by atoms with Gasteiger partial charge < -0.3 is 5.73 Å². The second-order valence-electron chi connectivity index (χ2n) is 4.34. The van der Waals surface area contributed by atoms with Crippen LogP contribution in [0.2, 0.25) is 0 Å². The normalized spacial score (nSPS) is 11.2. The summed E-state index contributed by atoms with van der Waals surface area (Å²) in [5.41, 5.74) is 10.3. The van der Waals surface area contributed by atoms with E-state index >= 15 is 0 Å². The number of fused-ring (bicyclic) bond motifs is 1. The van der Waals surface area contributed by atoms with Gasteiger partial charge in [-0.3, -0.25) is 4.40 Å². The van der Waals surface area contributed by atoms with E-state index in [0.29, 0.717) is 6.54 Å². The number of benzene rings is 1. The molecule has 0 aliphatic heterocycles. The largest absolute Gasteiger partial charge is 0.330 e. The fourth-order valence-corrected chi connectivity index (χ4v) is 2.93. The molecule has 92 valence electrons. The van der Waals surface area contributed by atoms with Crippen LogP contribution in [0.5, 0.6) is 0 Å². The molecule has 0 saturated heterocycles. The summed E-state index contributed by atoms with van der Waals surface area (Å²) in [7, 11) is 0. The van der Waals surface area contributed by atoms with Gasteiger partial charge in [-0.25, -0.2) is 4.98 Å². The minimum absolute atomic E-state index is 0.693. The Morgan fingerprint density at radius 3 is 2.72 bits per heavy atom. The number of nitrogens with two attached hydrogens (primary N) is 1. The van der Waals surface area contributed by atoms with Crippen LogP contribution in [0.25, 0.3) is 16.2 Å². The molecule has 0 spiro atoms. The van der Waals surface area contributed by atoms with E-state index in [1.165, 1.54) is 16.8 Å². The van der Waals surface area contributed by atoms with E-state index in [4.69, 9.17) is 5.73 Å². The first-order valence-corrected chi connectivity index (χ1v) is 6.89. The maximum atomic E-state index is 5.56. The van der Waals surface area contributed by atoms with Crippen molar-refractivity contribution in [3.8, 4) is 11.3 Å². The molecule has 0 aliphatic carbocycles. The van der Waals surface area contributed by atoms with E-state index in [0.717, 1.165) is 17.1 Å². The standard InChI is InChI=1S/C14H15N3S/c1-10-13(16-14-17(10)8-9-18-14)12-4-2-11(3-5-12)6-7-15/h2-5,8-9H,6-7,15H2,1H3. The molecule has 0 atom stereocenters. The number of nitrogens with zero attached hydrogens (tertiary/aromatic N) is 2. The van der Waals surface area contributed by atoms with Crippen LogP contribution in [0.4, 0.5) is 0 Å². The molecule has 0 fully saturated rings. The monoisotopic (exact) mass is 257 g/mol. The van der Waals surface area contributed by atoms with Crippen molar-refractivity contribution in [2.75, 3.05) is 6.54 Å². The average Bonchev–Trinajstić information content (AvgIpc) is 2.95. The van der Waals surface area contributed by atoms with E-state index < -0.39 is 0 Å². The molecule has 0 radical (unpaired) electrons. The van der Waals surface area contributed by atoms with Crippen molar-refractivity contribution in [3.05, 3.63) is 47.1 Å². The van der Waals surface area contributed by atoms with Crippen LogP contribution >= 0.6 is 11.3 Å². The Morgan fingerprint density at radius 1 is 1.28 bits per heavy atom. The van der Waals surface area contributed by atoms with Crippen LogP contribution in [0.15, 0.2) is 35.8 Å². The number of hydrogen-bond donors (Lipinski definition) is 1. The predicted molar refractivity (Wildman–Crippen MR) is 76.0 cm³/mol. The summed E-state index contributed by atoms with van der Waals surface area (Å²) in [6.45, 7) is 2.80. The van der Waals surface area contributed by atoms with Gasteiger partial charge in [0.05, 0.1) is 5.69 Å². The van der Waals surface area contributed by atoms with E-state index in [2.05, 4.69) is 52.2 Å². The minimum Gasteiger partial charge on any atom is -0.330 e. The van der Waals surface area contributed by atoms with Crippen molar-refractivity contribution in [1.29, 1.82) is 0 Å². The molecule has 1 aromatic carbocycles. The fourth-order valence-electron chi connectivity index (χ4n) is 2.17. The second kappa shape index (κ2) is 4.55. The summed E-state index contributed by atoms with van der Waals surface area (Å²) in [5, 5.41) is 2.06. The Bertz CT molecular complexity index is 664. The van der Waals surface area contributed by atoms with E-state index in [9.17, 15) is 0 Å². The molecule has 3 nitrogen and oxygen atoms in total. The van der Waals surface area contributed by atoms with Crippen LogP contribution in [-0.4, -0.2) is 15.9 Å². The number of hydrogen-bond acceptors (Lipinski definition) is 3. The first-order valence-electron chi connectivity index (χ1n) is 6.01. The maximum Gasteiger partial charge on any atom is 0.194 e. The van der Waals surface area contributed by atoms with Gasteiger partial charge in [-0.1, -0.05) is 24.3 Å². The van der Waals surface area contributed by atoms with Crippen LogP contribution in [0.1, 0.15) is 11.3 Å². The molecule has 2 N–H and O–H groups in total. The highest BCUT2D eigenvalue weighted by atomic mass is 32.1. The van der Waals surface area contributed by atoms with E-state index in [1.807, 2.05) is 0 Å². The van der Waals surface area contributed by atoms with Gasteiger partial charge >= 0.3 is 0 Å². The van der Waals surface area contributed by atoms with Gasteiger partial charge in [-0.15, -0.1) is 11.3 Å². The van der Waals surface area contributed by atoms with Gasteiger partial charge in [0.1, 0.15) is 0 Å². The summed E-state index contributed by atoms with van der Waals surface area (Å²) in [5.74, 6) is 0. The molecule has 3 rings (SSSR count). The number of imidazole rings is 1. The molecule has 0 aliphatic rings. The third-order valence-corrected chi connectivity index (χ3v) is 3.92. The maximum absolute atomic E-state index is 5.56. The molecular weight excluding hydrogens is 242 g/mol. The minimum atomic E-state index is 0.693. The smallest absolute Gasteiger partial charge is 0.194 e. The topological polar surface area (TPSA) is 43.3 Å². The fraction of sp³-hybridized carbons (Fsp3) is 0.214. The quantitative estimate of drug-likeness (QED) is 0.784. The Hall–Kier alpha value is -1.65. The van der Waals surface area contributed by atoms with Crippen molar-refractivity contribution in [2.45, 2.75) is 13.3 Å². The van der Waals surface area contributed by atoms with Gasteiger partial charge in [0.2, 0.25) is 0 Å². The number of aromatic nitrogens is 2. The molecule has 2 aromatic heterocycles. The highest BCUT2D eigenvalue weighted by molar-refractivity contribution is 7.15. The summed E-state index contributed by atoms with van der Waals surface area (Å²) >= 11 is 1.66. The van der Waals surface area contributed by atoms with Crippen molar-refractivity contribution in [3.63, 3.8) is 0 Å². The van der Waals surface area contributed by atoms with Crippen molar-refractivity contribution in [1.82, 2.24) is 9.38 Å². The molecule has 18 heavy (non-hydrogen) atoms. The second-order valence-corrected chi connectivity index (χ2v) is 5.21. The van der Waals surface area contributed by atoms with Gasteiger partial charge in [0.25, 0.3) is 0 Å². The molecule has 0 amide bonds. The predicted octanol–water partition coefficient (Wildman–Crippen LogP) is 2.87. The number of aryl methyl sites for hydroxylation is 1. The van der Waals surface area contributed by atoms with Crippen molar-refractivity contribution in [2.24, 2.45) is 5.73 Å². The average molecular weight is 257 g/mol. The van der Waals surface area contributed by atoms with E-state index in [1.54, 1.807) is 11.3 Å². The Morgan fingerprint density at radius 2 is 2.06 bits per heavy atom. The lowest BCUT2D eigenvalue weighted by Gasteiger charge is -2.02. The summed E-state index contributed by atoms with van der Waals surface area (Å²) in [6, 6.07) is 8.53. The summed E-state index contributed by atoms with van der Waals surface area (Å²) in [6.07, 6.45) is 2.99. The summed E-state index contributed by atoms with van der Waals surface area (Å²) < 4.78 is 2.13. The lowest BCUT2D eigenvalue weighted by molar-refractivity contribution is 0.969. The first kappa shape index (κ1) is 11.4. The van der Waals surface area contributed by atoms with Crippen LogP contribution < -0.4 is 5.73 Å². The number of rotatable bonds is 3. The Kier molecular flexibility index (Phi) is 2.89. The number of thiazole rings is 1. The zero-order valence-electron chi connectivity index (χ0n) is 10.3. The first-order chi connectivity index (χ1) is 8.79. The highest BCUT2D eigenvalue weighted by Gasteiger charge is 2.10. The van der Waals surface area contributed by atoms with Crippen LogP contribution in [0.3, 0.4) is 0 Å². The van der Waals surface area contributed by atoms with Crippen LogP contribution in [-0.2, 0) is 6.42 Å². The SMILES string of the molecule is Cc1c(-c2ccc(CCN)cc2)nc2sccn12. The van der Waals surface area contributed by atoms with Gasteiger partial charge in [0.15, 0.2) is 4.96 Å². The highest BCUT2D eigenvalue weighted by Crippen LogP contribution is 2.26. The Balaban J connectivity index is 2.03. The van der Waals surface area contributed by atoms with Crippen LogP contribution in [0, 0.1) is 6.92 Å². The Labute approximate surface area is 110 Å². The van der Waals surface area contributed by atoms with E-state index in [-0.39, 0.29) is 0 Å². The molecule has 0 unspecified atom stereocenters. The van der Waals surface area contributed by atoms with Gasteiger partial charge in [-0.05, 0) is 25.5 Å². The molecular formula is C14H15N3S. The molecule has 2 heterocycles. The lowest BCUT2D eigenvalue weighted by Crippen LogP contribution is -2.02. The van der Waals surface area contributed by atoms with Gasteiger partial charge in [0, 0.05) is 22.8 Å². The molecule has 4 heteroatoms. The van der Waals surface area contributed by atoms with Gasteiger partial charge in [-0.2, -0.15) is 0 Å². The molecule has 3 aromatic rings.